The first kappa shape index (κ1) is 12.8. The van der Waals surface area contributed by atoms with Gasteiger partial charge in [-0.25, -0.2) is 5.84 Å². The molecule has 88 valence electrons. The first-order valence-corrected chi connectivity index (χ1v) is 5.26. The van der Waals surface area contributed by atoms with E-state index in [1.165, 1.54) is 7.05 Å². The smallest absolute Gasteiger partial charge is 0.236 e. The highest BCUT2D eigenvalue weighted by Gasteiger charge is 2.08. The summed E-state index contributed by atoms with van der Waals surface area (Å²) < 4.78 is 5.18. The van der Waals surface area contributed by atoms with Crippen LogP contribution in [0.15, 0.2) is 18.2 Å². The minimum absolute atomic E-state index is 0.123. The van der Waals surface area contributed by atoms with Crippen LogP contribution in [0.3, 0.4) is 0 Å². The Bertz CT molecular complexity index is 380. The first-order valence-electron chi connectivity index (χ1n) is 4.88. The minimum atomic E-state index is -0.123. The van der Waals surface area contributed by atoms with Crippen molar-refractivity contribution in [3.05, 3.63) is 28.8 Å². The van der Waals surface area contributed by atoms with Gasteiger partial charge in [-0.2, -0.15) is 0 Å². The molecule has 0 unspecified atom stereocenters. The Morgan fingerprint density at radius 2 is 2.25 bits per heavy atom. The summed E-state index contributed by atoms with van der Waals surface area (Å²) >= 11 is 5.88. The van der Waals surface area contributed by atoms with Gasteiger partial charge in [-0.15, -0.1) is 0 Å². The summed E-state index contributed by atoms with van der Waals surface area (Å²) in [5.74, 6) is 5.94. The summed E-state index contributed by atoms with van der Waals surface area (Å²) in [6.45, 7) is 0. The van der Waals surface area contributed by atoms with Crippen LogP contribution in [-0.2, 0) is 11.2 Å². The van der Waals surface area contributed by atoms with Crippen LogP contribution in [0.2, 0.25) is 5.02 Å². The number of methoxy groups -OCH3 is 1. The summed E-state index contributed by atoms with van der Waals surface area (Å²) in [6.07, 6.45) is 0.897. The highest BCUT2D eigenvalue weighted by molar-refractivity contribution is 6.30. The number of hydrazine groups is 1. The van der Waals surface area contributed by atoms with Crippen molar-refractivity contribution in [2.24, 2.45) is 5.84 Å². The molecule has 0 aliphatic carbocycles. The normalized spacial score (nSPS) is 10.0. The molecule has 0 fully saturated rings. The van der Waals surface area contributed by atoms with Crippen molar-refractivity contribution in [2.45, 2.75) is 12.8 Å². The Morgan fingerprint density at radius 1 is 1.56 bits per heavy atom. The van der Waals surface area contributed by atoms with E-state index in [2.05, 4.69) is 0 Å². The van der Waals surface area contributed by atoms with Crippen molar-refractivity contribution in [2.75, 3.05) is 14.2 Å². The van der Waals surface area contributed by atoms with Crippen molar-refractivity contribution >= 4 is 17.5 Å². The largest absolute Gasteiger partial charge is 0.496 e. The number of nitrogens with zero attached hydrogens (tertiary/aromatic N) is 1. The standard InChI is InChI=1S/C11H15ClN2O2/c1-14(13)11(15)6-3-8-7-9(12)4-5-10(8)16-2/h4-5,7H,3,6,13H2,1-2H3. The van der Waals surface area contributed by atoms with E-state index < -0.39 is 0 Å². The van der Waals surface area contributed by atoms with Gasteiger partial charge < -0.3 is 4.74 Å². The SMILES string of the molecule is COc1ccc(Cl)cc1CCC(=O)N(C)N. The Morgan fingerprint density at radius 3 is 2.81 bits per heavy atom. The zero-order valence-electron chi connectivity index (χ0n) is 9.37. The summed E-state index contributed by atoms with van der Waals surface area (Å²) in [4.78, 5) is 11.3. The van der Waals surface area contributed by atoms with Crippen LogP contribution in [0.25, 0.3) is 0 Å². The summed E-state index contributed by atoms with van der Waals surface area (Å²) in [5.41, 5.74) is 0.908. The maximum Gasteiger partial charge on any atom is 0.236 e. The fourth-order valence-electron chi connectivity index (χ4n) is 1.36. The van der Waals surface area contributed by atoms with Crippen molar-refractivity contribution in [1.82, 2.24) is 5.01 Å². The molecule has 16 heavy (non-hydrogen) atoms. The monoisotopic (exact) mass is 242 g/mol. The lowest BCUT2D eigenvalue weighted by Gasteiger charge is -2.11. The minimum Gasteiger partial charge on any atom is -0.496 e. The van der Waals surface area contributed by atoms with Crippen molar-refractivity contribution in [3.63, 3.8) is 0 Å². The molecule has 0 spiro atoms. The molecule has 2 N–H and O–H groups in total. The van der Waals surface area contributed by atoms with Crippen LogP contribution >= 0.6 is 11.6 Å². The lowest BCUT2D eigenvalue weighted by molar-refractivity contribution is -0.130. The van der Waals surface area contributed by atoms with E-state index in [-0.39, 0.29) is 5.91 Å². The number of carbonyl (C=O) groups is 1. The van der Waals surface area contributed by atoms with E-state index in [1.807, 2.05) is 0 Å². The fourth-order valence-corrected chi connectivity index (χ4v) is 1.56. The molecule has 1 aromatic carbocycles. The van der Waals surface area contributed by atoms with E-state index in [9.17, 15) is 4.79 Å². The molecule has 0 aliphatic heterocycles. The first-order chi connectivity index (χ1) is 7.54. The highest BCUT2D eigenvalue weighted by Crippen LogP contribution is 2.23. The molecular formula is C11H15ClN2O2. The van der Waals surface area contributed by atoms with Gasteiger partial charge in [0.05, 0.1) is 7.11 Å². The predicted octanol–water partition coefficient (Wildman–Crippen LogP) is 1.61. The van der Waals surface area contributed by atoms with Crippen LogP contribution < -0.4 is 10.6 Å². The number of aryl methyl sites for hydroxylation is 1. The van der Waals surface area contributed by atoms with Gasteiger partial charge >= 0.3 is 0 Å². The number of benzene rings is 1. The fraction of sp³-hybridized carbons (Fsp3) is 0.364. The molecule has 0 bridgehead atoms. The molecule has 5 heteroatoms. The molecule has 1 amide bonds. The predicted molar refractivity (Wildman–Crippen MR) is 63.3 cm³/mol. The van der Waals surface area contributed by atoms with Crippen LogP contribution in [-0.4, -0.2) is 25.1 Å². The van der Waals surface area contributed by atoms with E-state index in [1.54, 1.807) is 25.3 Å². The molecule has 0 heterocycles. The molecule has 1 aromatic rings. The van der Waals surface area contributed by atoms with Gasteiger partial charge in [-0.1, -0.05) is 11.6 Å². The number of hydrogen-bond acceptors (Lipinski definition) is 3. The molecule has 1 rings (SSSR count). The zero-order chi connectivity index (χ0) is 12.1. The Labute approximate surface area is 99.9 Å². The van der Waals surface area contributed by atoms with Crippen molar-refractivity contribution < 1.29 is 9.53 Å². The van der Waals surface area contributed by atoms with E-state index in [0.29, 0.717) is 17.9 Å². The molecule has 0 radical (unpaired) electrons. The molecule has 0 aliphatic rings. The number of carbonyl (C=O) groups excluding carboxylic acids is 1. The summed E-state index contributed by atoms with van der Waals surface area (Å²) in [5, 5.41) is 1.71. The Hall–Kier alpha value is -1.26. The van der Waals surface area contributed by atoms with E-state index in [4.69, 9.17) is 22.2 Å². The average molecular weight is 243 g/mol. The van der Waals surface area contributed by atoms with Crippen LogP contribution in [0.1, 0.15) is 12.0 Å². The van der Waals surface area contributed by atoms with Gasteiger partial charge in [0.1, 0.15) is 5.75 Å². The molecule has 0 saturated heterocycles. The molecule has 0 saturated carbocycles. The lowest BCUT2D eigenvalue weighted by atomic mass is 10.1. The van der Waals surface area contributed by atoms with Crippen molar-refractivity contribution in [3.8, 4) is 5.75 Å². The van der Waals surface area contributed by atoms with Crippen LogP contribution in [0.5, 0.6) is 5.75 Å². The molecular weight excluding hydrogens is 228 g/mol. The number of halogens is 1. The Balaban J connectivity index is 2.72. The van der Waals surface area contributed by atoms with Crippen LogP contribution in [0.4, 0.5) is 0 Å². The summed E-state index contributed by atoms with van der Waals surface area (Å²) in [6, 6.07) is 5.33. The maximum atomic E-state index is 11.3. The van der Waals surface area contributed by atoms with Gasteiger partial charge in [0.25, 0.3) is 0 Å². The topological polar surface area (TPSA) is 55.6 Å². The second-order valence-electron chi connectivity index (χ2n) is 3.46. The number of hydrogen-bond donors (Lipinski definition) is 1. The number of ether oxygens (including phenoxy) is 1. The van der Waals surface area contributed by atoms with E-state index in [0.717, 1.165) is 16.3 Å². The lowest BCUT2D eigenvalue weighted by Crippen LogP contribution is -2.33. The van der Waals surface area contributed by atoms with Gasteiger partial charge in [0.15, 0.2) is 0 Å². The second-order valence-corrected chi connectivity index (χ2v) is 3.90. The number of amides is 1. The van der Waals surface area contributed by atoms with E-state index >= 15 is 0 Å². The third kappa shape index (κ3) is 3.40. The molecule has 0 atom stereocenters. The summed E-state index contributed by atoms with van der Waals surface area (Å²) in [7, 11) is 3.11. The number of nitrogens with two attached hydrogens (primary N) is 1. The highest BCUT2D eigenvalue weighted by atomic mass is 35.5. The van der Waals surface area contributed by atoms with Gasteiger partial charge in [0, 0.05) is 18.5 Å². The van der Waals surface area contributed by atoms with Gasteiger partial charge in [-0.3, -0.25) is 9.80 Å². The third-order valence-electron chi connectivity index (χ3n) is 2.24. The second kappa shape index (κ2) is 5.72. The van der Waals surface area contributed by atoms with Crippen molar-refractivity contribution in [1.29, 1.82) is 0 Å². The van der Waals surface area contributed by atoms with Crippen LogP contribution in [0, 0.1) is 0 Å². The third-order valence-corrected chi connectivity index (χ3v) is 2.48. The quantitative estimate of drug-likeness (QED) is 0.496. The molecule has 4 nitrogen and oxygen atoms in total. The Kier molecular flexibility index (Phi) is 4.58. The van der Waals surface area contributed by atoms with Gasteiger partial charge in [-0.05, 0) is 30.2 Å². The zero-order valence-corrected chi connectivity index (χ0v) is 10.1. The molecule has 0 aromatic heterocycles. The maximum absolute atomic E-state index is 11.3. The van der Waals surface area contributed by atoms with Gasteiger partial charge in [0.2, 0.25) is 5.91 Å². The average Bonchev–Trinajstić information content (AvgIpc) is 2.25. The number of rotatable bonds is 4.